The number of Topliss-reactive ketones (excluding diaryl/α,β-unsaturated/α-hetero) is 1. The number of hydrogen-bond donors (Lipinski definition) is 1. The second kappa shape index (κ2) is 8.56. The van der Waals surface area contributed by atoms with Gasteiger partial charge in [0.2, 0.25) is 5.95 Å². The number of rotatable bonds is 6. The number of hydrogen-bond acceptors (Lipinski definition) is 6. The third-order valence-electron chi connectivity index (χ3n) is 5.52. The first-order valence-corrected chi connectivity index (χ1v) is 11.1. The molecule has 0 aliphatic carbocycles. The van der Waals surface area contributed by atoms with Gasteiger partial charge in [-0.15, -0.1) is 10.2 Å². The summed E-state index contributed by atoms with van der Waals surface area (Å²) in [4.78, 5) is 19.1. The summed E-state index contributed by atoms with van der Waals surface area (Å²) in [6.45, 7) is 2.93. The van der Waals surface area contributed by atoms with Crippen LogP contribution in [-0.4, -0.2) is 51.8 Å². The van der Waals surface area contributed by atoms with Crippen molar-refractivity contribution in [1.29, 1.82) is 0 Å². The minimum Gasteiger partial charge on any atom is -0.378 e. The van der Waals surface area contributed by atoms with Gasteiger partial charge in [0, 0.05) is 42.8 Å². The molecular weight excluding hydrogens is 410 g/mol. The van der Waals surface area contributed by atoms with Crippen LogP contribution in [0, 0.1) is 0 Å². The molecule has 8 heteroatoms. The number of aromatic nitrogens is 4. The molecular formula is C23H23N5O2S. The van der Waals surface area contributed by atoms with Gasteiger partial charge in [-0.25, -0.2) is 0 Å². The molecule has 0 saturated carbocycles. The van der Waals surface area contributed by atoms with Gasteiger partial charge in [0.15, 0.2) is 10.9 Å². The lowest BCUT2D eigenvalue weighted by Crippen LogP contribution is -2.37. The van der Waals surface area contributed by atoms with Crippen molar-refractivity contribution in [3.05, 3.63) is 71.9 Å². The fraction of sp³-hybridized carbons (Fsp3) is 0.261. The van der Waals surface area contributed by atoms with E-state index in [1.807, 2.05) is 66.2 Å². The molecule has 0 spiro atoms. The number of ketones is 1. The second-order valence-electron chi connectivity index (χ2n) is 7.46. The van der Waals surface area contributed by atoms with Crippen molar-refractivity contribution in [3.8, 4) is 0 Å². The number of thioether (sulfide) groups is 1. The Kier molecular flexibility index (Phi) is 5.48. The molecule has 0 radical (unpaired) electrons. The van der Waals surface area contributed by atoms with Gasteiger partial charge in [-0.1, -0.05) is 60.3 Å². The molecule has 0 amide bonds. The smallest absolute Gasteiger partial charge is 0.227 e. The first kappa shape index (κ1) is 19.8. The van der Waals surface area contributed by atoms with Crippen LogP contribution in [-0.2, 0) is 11.8 Å². The Morgan fingerprint density at radius 1 is 1.06 bits per heavy atom. The highest BCUT2D eigenvalue weighted by atomic mass is 32.2. The van der Waals surface area contributed by atoms with E-state index < -0.39 is 5.25 Å². The van der Waals surface area contributed by atoms with Crippen LogP contribution in [0.3, 0.4) is 0 Å². The lowest BCUT2D eigenvalue weighted by molar-refractivity contribution is 0.0991. The van der Waals surface area contributed by atoms with Crippen LogP contribution in [0.1, 0.15) is 21.2 Å². The summed E-state index contributed by atoms with van der Waals surface area (Å²) in [6.07, 6.45) is 1.80. The van der Waals surface area contributed by atoms with Gasteiger partial charge in [0.1, 0.15) is 5.25 Å². The van der Waals surface area contributed by atoms with E-state index in [1.165, 1.54) is 11.8 Å². The van der Waals surface area contributed by atoms with Crippen LogP contribution in [0.25, 0.3) is 10.9 Å². The number of nitrogens with zero attached hydrogens (tertiary/aromatic N) is 4. The Morgan fingerprint density at radius 3 is 2.61 bits per heavy atom. The number of aromatic amines is 1. The van der Waals surface area contributed by atoms with Crippen molar-refractivity contribution >= 4 is 34.4 Å². The zero-order valence-electron chi connectivity index (χ0n) is 17.2. The van der Waals surface area contributed by atoms with Crippen molar-refractivity contribution in [1.82, 2.24) is 19.7 Å². The normalized spacial score (nSPS) is 15.3. The third kappa shape index (κ3) is 3.84. The van der Waals surface area contributed by atoms with E-state index in [-0.39, 0.29) is 5.78 Å². The van der Waals surface area contributed by atoms with Crippen LogP contribution in [0.5, 0.6) is 0 Å². The number of para-hydroxylation sites is 1. The van der Waals surface area contributed by atoms with Gasteiger partial charge in [0.05, 0.1) is 13.2 Å². The minimum absolute atomic E-state index is 0.0459. The lowest BCUT2D eigenvalue weighted by Gasteiger charge is -2.27. The summed E-state index contributed by atoms with van der Waals surface area (Å²) < 4.78 is 7.41. The van der Waals surface area contributed by atoms with E-state index in [9.17, 15) is 4.79 Å². The number of ether oxygens (including phenoxy) is 1. The van der Waals surface area contributed by atoms with Crippen molar-refractivity contribution in [2.75, 3.05) is 31.2 Å². The van der Waals surface area contributed by atoms with Crippen LogP contribution in [0.4, 0.5) is 5.95 Å². The lowest BCUT2D eigenvalue weighted by atomic mass is 10.0. The number of benzene rings is 2. The van der Waals surface area contributed by atoms with Crippen LogP contribution < -0.4 is 4.90 Å². The summed E-state index contributed by atoms with van der Waals surface area (Å²) in [6, 6.07) is 17.7. The highest BCUT2D eigenvalue weighted by Gasteiger charge is 2.28. The van der Waals surface area contributed by atoms with Crippen LogP contribution in [0.2, 0.25) is 0 Å². The Labute approximate surface area is 184 Å². The fourth-order valence-corrected chi connectivity index (χ4v) is 4.94. The molecule has 7 nitrogen and oxygen atoms in total. The molecule has 1 aliphatic rings. The molecule has 1 aliphatic heterocycles. The van der Waals surface area contributed by atoms with Crippen LogP contribution >= 0.6 is 11.8 Å². The van der Waals surface area contributed by atoms with E-state index in [2.05, 4.69) is 20.1 Å². The van der Waals surface area contributed by atoms with E-state index in [0.717, 1.165) is 35.5 Å². The Morgan fingerprint density at radius 2 is 1.81 bits per heavy atom. The molecule has 4 aromatic rings. The van der Waals surface area contributed by atoms with Gasteiger partial charge in [0.25, 0.3) is 0 Å². The van der Waals surface area contributed by atoms with Gasteiger partial charge >= 0.3 is 0 Å². The standard InChI is InChI=1S/C23H23N5O2S/c1-27-22(28-11-13-30-14-12-28)25-26-23(27)31-21(16-7-3-2-4-8-16)20(29)18-15-24-19-10-6-5-9-17(18)19/h2-10,15,21,24H,11-14H2,1H3. The van der Waals surface area contributed by atoms with E-state index >= 15 is 0 Å². The number of carbonyl (C=O) groups is 1. The third-order valence-corrected chi connectivity index (χ3v) is 6.81. The Balaban J connectivity index is 1.49. The number of H-pyrrole nitrogens is 1. The molecule has 31 heavy (non-hydrogen) atoms. The number of morpholine rings is 1. The molecule has 0 bridgehead atoms. The SMILES string of the molecule is Cn1c(SC(C(=O)c2c[nH]c3ccccc23)c2ccccc2)nnc1N1CCOCC1. The molecule has 2 aromatic heterocycles. The molecule has 1 saturated heterocycles. The predicted octanol–water partition coefficient (Wildman–Crippen LogP) is 3.85. The number of nitrogens with one attached hydrogen (secondary N) is 1. The van der Waals surface area contributed by atoms with E-state index in [1.54, 1.807) is 6.20 Å². The molecule has 158 valence electrons. The van der Waals surface area contributed by atoms with Crippen molar-refractivity contribution in [2.45, 2.75) is 10.4 Å². The molecule has 1 N–H and O–H groups in total. The molecule has 2 aromatic carbocycles. The summed E-state index contributed by atoms with van der Waals surface area (Å²) in [5.41, 5.74) is 2.59. The second-order valence-corrected chi connectivity index (χ2v) is 8.53. The number of anilines is 1. The van der Waals surface area contributed by atoms with Crippen molar-refractivity contribution in [3.63, 3.8) is 0 Å². The predicted molar refractivity (Wildman–Crippen MR) is 122 cm³/mol. The van der Waals surface area contributed by atoms with Gasteiger partial charge in [-0.3, -0.25) is 9.36 Å². The van der Waals surface area contributed by atoms with Crippen molar-refractivity contribution < 1.29 is 9.53 Å². The minimum atomic E-state index is -0.430. The number of carbonyl (C=O) groups excluding carboxylic acids is 1. The zero-order valence-corrected chi connectivity index (χ0v) is 18.0. The van der Waals surface area contributed by atoms with Gasteiger partial charge in [-0.05, 0) is 11.6 Å². The molecule has 1 unspecified atom stereocenters. The summed E-state index contributed by atoms with van der Waals surface area (Å²) in [7, 11) is 1.95. The molecule has 1 atom stereocenters. The Bertz CT molecular complexity index is 1200. The summed E-state index contributed by atoms with van der Waals surface area (Å²) in [5.74, 6) is 0.849. The maximum atomic E-state index is 13.7. The van der Waals surface area contributed by atoms with Crippen molar-refractivity contribution in [2.24, 2.45) is 7.05 Å². The largest absolute Gasteiger partial charge is 0.378 e. The first-order chi connectivity index (χ1) is 15.2. The molecule has 5 rings (SSSR count). The average Bonchev–Trinajstić information content (AvgIpc) is 3.42. The fourth-order valence-electron chi connectivity index (χ4n) is 3.87. The highest BCUT2D eigenvalue weighted by molar-refractivity contribution is 8.00. The summed E-state index contributed by atoms with van der Waals surface area (Å²) >= 11 is 1.44. The maximum absolute atomic E-state index is 13.7. The molecule has 1 fully saturated rings. The highest BCUT2D eigenvalue weighted by Crippen LogP contribution is 2.39. The monoisotopic (exact) mass is 433 g/mol. The zero-order chi connectivity index (χ0) is 21.2. The quantitative estimate of drug-likeness (QED) is 0.368. The molecule has 3 heterocycles. The summed E-state index contributed by atoms with van der Waals surface area (Å²) in [5, 5.41) is 10.0. The van der Waals surface area contributed by atoms with Gasteiger partial charge in [-0.2, -0.15) is 0 Å². The van der Waals surface area contributed by atoms with E-state index in [4.69, 9.17) is 4.74 Å². The number of fused-ring (bicyclic) bond motifs is 1. The van der Waals surface area contributed by atoms with E-state index in [0.29, 0.717) is 23.9 Å². The Hall–Kier alpha value is -3.10. The van der Waals surface area contributed by atoms with Gasteiger partial charge < -0.3 is 14.6 Å². The topological polar surface area (TPSA) is 76.0 Å². The first-order valence-electron chi connectivity index (χ1n) is 10.3. The maximum Gasteiger partial charge on any atom is 0.227 e. The average molecular weight is 434 g/mol. The van der Waals surface area contributed by atoms with Crippen LogP contribution in [0.15, 0.2) is 66.0 Å².